The molecule has 0 radical (unpaired) electrons. The summed E-state index contributed by atoms with van der Waals surface area (Å²) in [6.45, 7) is 5.08. The number of nitrogens with zero attached hydrogens (tertiary/aromatic N) is 3. The molecule has 0 amide bonds. The highest BCUT2D eigenvalue weighted by atomic mass is 32.1. The summed E-state index contributed by atoms with van der Waals surface area (Å²) in [4.78, 5) is 11.5. The summed E-state index contributed by atoms with van der Waals surface area (Å²) >= 11 is 1.73. The van der Waals surface area contributed by atoms with Crippen molar-refractivity contribution in [2.24, 2.45) is 0 Å². The van der Waals surface area contributed by atoms with Crippen molar-refractivity contribution >= 4 is 28.3 Å². The van der Waals surface area contributed by atoms with E-state index in [9.17, 15) is 0 Å². The summed E-state index contributed by atoms with van der Waals surface area (Å²) < 4.78 is 0. The average Bonchev–Trinajstić information content (AvgIpc) is 3.03. The van der Waals surface area contributed by atoms with Gasteiger partial charge in [-0.05, 0) is 25.5 Å². The number of aromatic nitrogens is 4. The van der Waals surface area contributed by atoms with E-state index in [0.29, 0.717) is 5.95 Å². The Hall–Kier alpha value is -1.95. The van der Waals surface area contributed by atoms with Gasteiger partial charge in [-0.25, -0.2) is 4.98 Å². The van der Waals surface area contributed by atoms with E-state index in [2.05, 4.69) is 51.5 Å². The van der Waals surface area contributed by atoms with E-state index in [0.717, 1.165) is 34.6 Å². The monoisotopic (exact) mass is 273 g/mol. The van der Waals surface area contributed by atoms with Crippen molar-refractivity contribution in [3.63, 3.8) is 0 Å². The minimum Gasteiger partial charge on any atom is -0.354 e. The SMILES string of the molecule is CCCNc1nc(-c2ccc(C)s2)c2cn[nH]c2n1. The van der Waals surface area contributed by atoms with Gasteiger partial charge in [-0.2, -0.15) is 10.1 Å². The lowest BCUT2D eigenvalue weighted by Gasteiger charge is -2.05. The third-order valence-electron chi connectivity index (χ3n) is 2.82. The van der Waals surface area contributed by atoms with Crippen molar-refractivity contribution in [1.82, 2.24) is 20.2 Å². The molecule has 19 heavy (non-hydrogen) atoms. The Kier molecular flexibility index (Phi) is 3.16. The molecule has 0 fully saturated rings. The van der Waals surface area contributed by atoms with Crippen LogP contribution in [0.25, 0.3) is 21.6 Å². The molecule has 6 heteroatoms. The smallest absolute Gasteiger partial charge is 0.225 e. The van der Waals surface area contributed by atoms with Gasteiger partial charge in [0.2, 0.25) is 5.95 Å². The predicted molar refractivity (Wildman–Crippen MR) is 78.5 cm³/mol. The van der Waals surface area contributed by atoms with Crippen molar-refractivity contribution in [2.75, 3.05) is 11.9 Å². The second-order valence-corrected chi connectivity index (χ2v) is 5.65. The highest BCUT2D eigenvalue weighted by Crippen LogP contribution is 2.31. The minimum atomic E-state index is 0.652. The Labute approximate surface area is 115 Å². The van der Waals surface area contributed by atoms with E-state index in [1.807, 2.05) is 0 Å². The van der Waals surface area contributed by atoms with Crippen LogP contribution in [0.1, 0.15) is 18.2 Å². The van der Waals surface area contributed by atoms with Gasteiger partial charge >= 0.3 is 0 Å². The largest absolute Gasteiger partial charge is 0.354 e. The van der Waals surface area contributed by atoms with Crippen LogP contribution in [-0.4, -0.2) is 26.7 Å². The maximum atomic E-state index is 4.62. The number of H-pyrrole nitrogens is 1. The molecule has 0 aliphatic rings. The van der Waals surface area contributed by atoms with Gasteiger partial charge in [-0.3, -0.25) is 5.10 Å². The van der Waals surface area contributed by atoms with E-state index < -0.39 is 0 Å². The van der Waals surface area contributed by atoms with Gasteiger partial charge in [0.15, 0.2) is 5.65 Å². The van der Waals surface area contributed by atoms with Crippen LogP contribution in [0.2, 0.25) is 0 Å². The Morgan fingerprint density at radius 2 is 2.21 bits per heavy atom. The number of aromatic amines is 1. The Bertz CT molecular complexity index is 700. The average molecular weight is 273 g/mol. The number of thiophene rings is 1. The molecule has 3 rings (SSSR count). The summed E-state index contributed by atoms with van der Waals surface area (Å²) in [7, 11) is 0. The highest BCUT2D eigenvalue weighted by Gasteiger charge is 2.12. The molecule has 0 unspecified atom stereocenters. The second-order valence-electron chi connectivity index (χ2n) is 4.37. The first-order valence-electron chi connectivity index (χ1n) is 6.29. The van der Waals surface area contributed by atoms with Crippen molar-refractivity contribution in [1.29, 1.82) is 0 Å². The van der Waals surface area contributed by atoms with Crippen LogP contribution < -0.4 is 5.32 Å². The maximum absolute atomic E-state index is 4.62. The summed E-state index contributed by atoms with van der Waals surface area (Å²) in [6, 6.07) is 4.20. The van der Waals surface area contributed by atoms with Crippen molar-refractivity contribution < 1.29 is 0 Å². The molecule has 3 heterocycles. The van der Waals surface area contributed by atoms with Crippen molar-refractivity contribution in [3.05, 3.63) is 23.2 Å². The van der Waals surface area contributed by atoms with Crippen molar-refractivity contribution in [3.8, 4) is 10.6 Å². The van der Waals surface area contributed by atoms with Gasteiger partial charge in [-0.15, -0.1) is 11.3 Å². The van der Waals surface area contributed by atoms with Crippen LogP contribution in [-0.2, 0) is 0 Å². The van der Waals surface area contributed by atoms with Crippen LogP contribution in [0, 0.1) is 6.92 Å². The molecular weight excluding hydrogens is 258 g/mol. The van der Waals surface area contributed by atoms with Crippen molar-refractivity contribution in [2.45, 2.75) is 20.3 Å². The van der Waals surface area contributed by atoms with Gasteiger partial charge in [0.1, 0.15) is 0 Å². The fourth-order valence-corrected chi connectivity index (χ4v) is 2.77. The van der Waals surface area contributed by atoms with Crippen LogP contribution in [0.4, 0.5) is 5.95 Å². The molecule has 0 bridgehead atoms. The van der Waals surface area contributed by atoms with Gasteiger partial charge in [0, 0.05) is 11.4 Å². The molecule has 0 aromatic carbocycles. The molecule has 2 N–H and O–H groups in total. The van der Waals surface area contributed by atoms with E-state index in [1.54, 1.807) is 17.5 Å². The Morgan fingerprint density at radius 1 is 1.32 bits per heavy atom. The number of hydrogen-bond acceptors (Lipinski definition) is 5. The van der Waals surface area contributed by atoms with E-state index in [-0.39, 0.29) is 0 Å². The molecule has 0 spiro atoms. The Balaban J connectivity index is 2.12. The van der Waals surface area contributed by atoms with E-state index in [1.165, 1.54) is 4.88 Å². The van der Waals surface area contributed by atoms with E-state index in [4.69, 9.17) is 0 Å². The number of anilines is 1. The molecule has 0 aliphatic heterocycles. The third-order valence-corrected chi connectivity index (χ3v) is 3.82. The lowest BCUT2D eigenvalue weighted by atomic mass is 10.2. The zero-order valence-electron chi connectivity index (χ0n) is 10.9. The molecule has 3 aromatic rings. The standard InChI is InChI=1S/C13H15N5S/c1-3-6-14-13-16-11(10-5-4-8(2)19-10)9-7-15-18-12(9)17-13/h4-5,7H,3,6H2,1-2H3,(H2,14,15,16,17,18). The van der Waals surface area contributed by atoms with Gasteiger partial charge in [-0.1, -0.05) is 6.92 Å². The number of nitrogens with one attached hydrogen (secondary N) is 2. The summed E-state index contributed by atoms with van der Waals surface area (Å²) in [5, 5.41) is 11.2. The molecule has 0 saturated carbocycles. The molecule has 0 saturated heterocycles. The lowest BCUT2D eigenvalue weighted by Crippen LogP contribution is -2.05. The van der Waals surface area contributed by atoms with Crippen LogP contribution in [0.3, 0.4) is 0 Å². The second kappa shape index (κ2) is 4.97. The lowest BCUT2D eigenvalue weighted by molar-refractivity contribution is 0.955. The summed E-state index contributed by atoms with van der Waals surface area (Å²) in [5.41, 5.74) is 1.71. The highest BCUT2D eigenvalue weighted by molar-refractivity contribution is 7.15. The fraction of sp³-hybridized carbons (Fsp3) is 0.308. The molecule has 98 valence electrons. The fourth-order valence-electron chi connectivity index (χ4n) is 1.90. The maximum Gasteiger partial charge on any atom is 0.225 e. The first kappa shape index (κ1) is 12.1. The van der Waals surface area contributed by atoms with Crippen LogP contribution in [0.15, 0.2) is 18.3 Å². The first-order valence-corrected chi connectivity index (χ1v) is 7.11. The van der Waals surface area contributed by atoms with Gasteiger partial charge in [0.25, 0.3) is 0 Å². The van der Waals surface area contributed by atoms with Gasteiger partial charge in [0.05, 0.1) is 22.2 Å². The molecule has 0 atom stereocenters. The number of hydrogen-bond donors (Lipinski definition) is 2. The number of rotatable bonds is 4. The number of fused-ring (bicyclic) bond motifs is 1. The molecule has 3 aromatic heterocycles. The first-order chi connectivity index (χ1) is 9.28. The molecule has 0 aliphatic carbocycles. The van der Waals surface area contributed by atoms with Gasteiger partial charge < -0.3 is 5.32 Å². The summed E-state index contributed by atoms with van der Waals surface area (Å²) in [5.74, 6) is 0.652. The van der Waals surface area contributed by atoms with E-state index >= 15 is 0 Å². The normalized spacial score (nSPS) is 11.1. The van der Waals surface area contributed by atoms with Crippen LogP contribution >= 0.6 is 11.3 Å². The molecule has 5 nitrogen and oxygen atoms in total. The number of aryl methyl sites for hydroxylation is 1. The third kappa shape index (κ3) is 2.31. The molecular formula is C13H15N5S. The summed E-state index contributed by atoms with van der Waals surface area (Å²) in [6.07, 6.45) is 2.82. The quantitative estimate of drug-likeness (QED) is 0.766. The Morgan fingerprint density at radius 3 is 2.95 bits per heavy atom. The zero-order valence-corrected chi connectivity index (χ0v) is 11.7. The zero-order chi connectivity index (χ0) is 13.2. The minimum absolute atomic E-state index is 0.652. The van der Waals surface area contributed by atoms with Crippen LogP contribution in [0.5, 0.6) is 0 Å². The topological polar surface area (TPSA) is 66.5 Å². The predicted octanol–water partition coefficient (Wildman–Crippen LogP) is 3.21.